The Kier molecular flexibility index (Phi) is 3.60. The molecule has 78 valence electrons. The summed E-state index contributed by atoms with van der Waals surface area (Å²) in [5.41, 5.74) is 0.212. The van der Waals surface area contributed by atoms with Crippen LogP contribution in [0.15, 0.2) is 9.50 Å². The van der Waals surface area contributed by atoms with Gasteiger partial charge in [0.25, 0.3) is 0 Å². The molecule has 0 aliphatic carbocycles. The monoisotopic (exact) mass is 278 g/mol. The number of thioether (sulfide) groups is 1. The van der Waals surface area contributed by atoms with Crippen molar-refractivity contribution in [1.29, 1.82) is 0 Å². The van der Waals surface area contributed by atoms with Crippen molar-refractivity contribution in [2.75, 3.05) is 6.26 Å². The summed E-state index contributed by atoms with van der Waals surface area (Å²) in [6.07, 6.45) is 1.86. The van der Waals surface area contributed by atoms with Crippen LogP contribution in [-0.4, -0.2) is 27.1 Å². The second kappa shape index (κ2) is 4.35. The Morgan fingerprint density at radius 1 is 1.64 bits per heavy atom. The van der Waals surface area contributed by atoms with Crippen LogP contribution in [0.1, 0.15) is 30.4 Å². The van der Waals surface area contributed by atoms with Gasteiger partial charge in [-0.2, -0.15) is 5.10 Å². The normalized spacial score (nSPS) is 10.9. The first-order valence-electron chi connectivity index (χ1n) is 4.04. The lowest BCUT2D eigenvalue weighted by Crippen LogP contribution is -2.12. The lowest BCUT2D eigenvalue weighted by atomic mass is 10.3. The van der Waals surface area contributed by atoms with Gasteiger partial charge in [0, 0.05) is 6.04 Å². The lowest BCUT2D eigenvalue weighted by Gasteiger charge is -2.07. The highest BCUT2D eigenvalue weighted by molar-refractivity contribution is 9.10. The standard InChI is InChI=1S/C8H11BrN2O2S/c1-4(2)11-6(8(12)13)5(9)7(10-11)14-3/h4H,1-3H3,(H,12,13). The van der Waals surface area contributed by atoms with E-state index in [1.54, 1.807) is 0 Å². The zero-order chi connectivity index (χ0) is 10.9. The smallest absolute Gasteiger partial charge is 0.355 e. The van der Waals surface area contributed by atoms with Crippen LogP contribution >= 0.6 is 27.7 Å². The van der Waals surface area contributed by atoms with E-state index in [1.165, 1.54) is 16.4 Å². The Labute approximate surface area is 94.8 Å². The van der Waals surface area contributed by atoms with E-state index in [2.05, 4.69) is 21.0 Å². The van der Waals surface area contributed by atoms with Crippen molar-refractivity contribution < 1.29 is 9.90 Å². The molecule has 0 saturated heterocycles. The summed E-state index contributed by atoms with van der Waals surface area (Å²) in [5.74, 6) is -0.960. The van der Waals surface area contributed by atoms with Crippen molar-refractivity contribution in [1.82, 2.24) is 9.78 Å². The van der Waals surface area contributed by atoms with E-state index in [-0.39, 0.29) is 11.7 Å². The molecule has 0 radical (unpaired) electrons. The maximum Gasteiger partial charge on any atom is 0.355 e. The minimum atomic E-state index is -0.960. The number of nitrogens with zero attached hydrogens (tertiary/aromatic N) is 2. The van der Waals surface area contributed by atoms with Crippen molar-refractivity contribution in [2.24, 2.45) is 0 Å². The molecular weight excluding hydrogens is 268 g/mol. The van der Waals surface area contributed by atoms with E-state index < -0.39 is 5.97 Å². The molecule has 4 nitrogen and oxygen atoms in total. The van der Waals surface area contributed by atoms with Gasteiger partial charge in [-0.05, 0) is 36.0 Å². The molecule has 1 N–H and O–H groups in total. The first-order chi connectivity index (χ1) is 6.49. The third-order valence-corrected chi connectivity index (χ3v) is 3.39. The molecule has 0 aliphatic heterocycles. The fraction of sp³-hybridized carbons (Fsp3) is 0.500. The summed E-state index contributed by atoms with van der Waals surface area (Å²) in [6.45, 7) is 3.80. The molecule has 1 heterocycles. The van der Waals surface area contributed by atoms with Crippen LogP contribution in [0.2, 0.25) is 0 Å². The van der Waals surface area contributed by atoms with Crippen molar-refractivity contribution in [3.8, 4) is 0 Å². The topological polar surface area (TPSA) is 55.1 Å². The Balaban J connectivity index is 3.35. The van der Waals surface area contributed by atoms with Gasteiger partial charge >= 0.3 is 5.97 Å². The van der Waals surface area contributed by atoms with Gasteiger partial charge in [-0.3, -0.25) is 4.68 Å². The van der Waals surface area contributed by atoms with Gasteiger partial charge in [-0.15, -0.1) is 11.8 Å². The Bertz CT molecular complexity index is 362. The van der Waals surface area contributed by atoms with Crippen LogP contribution in [0, 0.1) is 0 Å². The summed E-state index contributed by atoms with van der Waals surface area (Å²) in [5, 5.41) is 13.9. The molecule has 1 aromatic heterocycles. The summed E-state index contributed by atoms with van der Waals surface area (Å²) in [6, 6.07) is 0.0401. The molecule has 14 heavy (non-hydrogen) atoms. The summed E-state index contributed by atoms with van der Waals surface area (Å²) in [4.78, 5) is 11.0. The van der Waals surface area contributed by atoms with Crippen LogP contribution in [0.25, 0.3) is 0 Å². The van der Waals surface area contributed by atoms with Crippen LogP contribution < -0.4 is 0 Å². The van der Waals surface area contributed by atoms with Gasteiger partial charge in [0.2, 0.25) is 0 Å². The predicted molar refractivity (Wildman–Crippen MR) is 59.1 cm³/mol. The number of aromatic nitrogens is 2. The number of rotatable bonds is 3. The molecule has 0 saturated carbocycles. The third-order valence-electron chi connectivity index (χ3n) is 1.71. The minimum Gasteiger partial charge on any atom is -0.476 e. The molecule has 1 rings (SSSR count). The predicted octanol–water partition coefficient (Wildman–Crippen LogP) is 2.65. The van der Waals surface area contributed by atoms with Crippen molar-refractivity contribution in [3.05, 3.63) is 10.2 Å². The molecular formula is C8H11BrN2O2S. The third kappa shape index (κ3) is 1.95. The van der Waals surface area contributed by atoms with Crippen molar-refractivity contribution in [2.45, 2.75) is 24.9 Å². The van der Waals surface area contributed by atoms with E-state index >= 15 is 0 Å². The minimum absolute atomic E-state index is 0.0401. The van der Waals surface area contributed by atoms with Gasteiger partial charge in [0.1, 0.15) is 5.03 Å². The zero-order valence-corrected chi connectivity index (χ0v) is 10.5. The second-order valence-electron chi connectivity index (χ2n) is 3.02. The Morgan fingerprint density at radius 3 is 2.50 bits per heavy atom. The van der Waals surface area contributed by atoms with Crippen LogP contribution in [0.3, 0.4) is 0 Å². The van der Waals surface area contributed by atoms with Crippen LogP contribution in [0.4, 0.5) is 0 Å². The van der Waals surface area contributed by atoms with Crippen molar-refractivity contribution >= 4 is 33.7 Å². The molecule has 6 heteroatoms. The van der Waals surface area contributed by atoms with E-state index in [0.29, 0.717) is 9.50 Å². The van der Waals surface area contributed by atoms with Gasteiger partial charge in [0.05, 0.1) is 4.47 Å². The molecule has 0 unspecified atom stereocenters. The van der Waals surface area contributed by atoms with Crippen molar-refractivity contribution in [3.63, 3.8) is 0 Å². The van der Waals surface area contributed by atoms with Gasteiger partial charge in [-0.25, -0.2) is 4.79 Å². The van der Waals surface area contributed by atoms with E-state index in [4.69, 9.17) is 5.11 Å². The fourth-order valence-corrected chi connectivity index (χ4v) is 2.45. The quantitative estimate of drug-likeness (QED) is 0.864. The van der Waals surface area contributed by atoms with Gasteiger partial charge < -0.3 is 5.11 Å². The summed E-state index contributed by atoms with van der Waals surface area (Å²) < 4.78 is 2.07. The Hall–Kier alpha value is -0.490. The number of carboxylic acids is 1. The highest BCUT2D eigenvalue weighted by atomic mass is 79.9. The fourth-order valence-electron chi connectivity index (χ4n) is 1.09. The first kappa shape index (κ1) is 11.6. The van der Waals surface area contributed by atoms with Crippen LogP contribution in [0.5, 0.6) is 0 Å². The number of aromatic carboxylic acids is 1. The summed E-state index contributed by atoms with van der Waals surface area (Å²) >= 11 is 4.67. The molecule has 0 atom stereocenters. The number of halogens is 1. The molecule has 0 aliphatic rings. The summed E-state index contributed by atoms with van der Waals surface area (Å²) in [7, 11) is 0. The number of hydrogen-bond donors (Lipinski definition) is 1. The highest BCUT2D eigenvalue weighted by Crippen LogP contribution is 2.29. The molecule has 0 fully saturated rings. The molecule has 0 amide bonds. The number of carbonyl (C=O) groups is 1. The number of hydrogen-bond acceptors (Lipinski definition) is 3. The zero-order valence-electron chi connectivity index (χ0n) is 8.11. The largest absolute Gasteiger partial charge is 0.476 e. The lowest BCUT2D eigenvalue weighted by molar-refractivity contribution is 0.0680. The first-order valence-corrected chi connectivity index (χ1v) is 6.06. The van der Waals surface area contributed by atoms with Crippen LogP contribution in [-0.2, 0) is 0 Å². The van der Waals surface area contributed by atoms with Gasteiger partial charge in [0.15, 0.2) is 5.69 Å². The maximum atomic E-state index is 11.0. The van der Waals surface area contributed by atoms with E-state index in [1.807, 2.05) is 20.1 Å². The van der Waals surface area contributed by atoms with E-state index in [0.717, 1.165) is 0 Å². The maximum absolute atomic E-state index is 11.0. The number of carboxylic acid groups (broad SMARTS) is 1. The van der Waals surface area contributed by atoms with E-state index in [9.17, 15) is 4.79 Å². The Morgan fingerprint density at radius 2 is 2.21 bits per heavy atom. The molecule has 0 spiro atoms. The second-order valence-corrected chi connectivity index (χ2v) is 4.60. The average molecular weight is 279 g/mol. The highest BCUT2D eigenvalue weighted by Gasteiger charge is 2.22. The average Bonchev–Trinajstić information content (AvgIpc) is 2.42. The molecule has 1 aromatic rings. The van der Waals surface area contributed by atoms with Gasteiger partial charge in [-0.1, -0.05) is 0 Å². The molecule has 0 aromatic carbocycles. The SMILES string of the molecule is CSc1nn(C(C)C)c(C(=O)O)c1Br. The molecule has 0 bridgehead atoms.